The van der Waals surface area contributed by atoms with Crippen molar-refractivity contribution in [3.05, 3.63) is 70.5 Å². The molecule has 1 unspecified atom stereocenters. The topological polar surface area (TPSA) is 81.2 Å². The van der Waals surface area contributed by atoms with Crippen LogP contribution < -0.4 is 4.74 Å². The van der Waals surface area contributed by atoms with Gasteiger partial charge >= 0.3 is 0 Å². The van der Waals surface area contributed by atoms with E-state index in [9.17, 15) is 5.11 Å². The third-order valence-corrected chi connectivity index (χ3v) is 7.32. The molecule has 0 saturated carbocycles. The van der Waals surface area contributed by atoms with Crippen LogP contribution in [0.3, 0.4) is 0 Å². The van der Waals surface area contributed by atoms with E-state index in [1.165, 1.54) is 0 Å². The second kappa shape index (κ2) is 9.37. The van der Waals surface area contributed by atoms with Crippen LogP contribution in [-0.2, 0) is 13.6 Å². The molecule has 1 aliphatic heterocycles. The zero-order chi connectivity index (χ0) is 23.8. The first kappa shape index (κ1) is 22.8. The normalized spacial score (nSPS) is 16.3. The van der Waals surface area contributed by atoms with E-state index in [2.05, 4.69) is 19.7 Å². The number of hydrogen-bond acceptors (Lipinski definition) is 6. The Morgan fingerprint density at radius 2 is 2.06 bits per heavy atom. The number of hydrogen-bond donors (Lipinski definition) is 1. The summed E-state index contributed by atoms with van der Waals surface area (Å²) in [5.41, 5.74) is 3.09. The number of aryl methyl sites for hydroxylation is 1. The van der Waals surface area contributed by atoms with E-state index in [1.807, 2.05) is 55.2 Å². The van der Waals surface area contributed by atoms with Crippen LogP contribution in [0.4, 0.5) is 0 Å². The lowest BCUT2D eigenvalue weighted by Gasteiger charge is -2.32. The molecule has 3 aromatic heterocycles. The predicted molar refractivity (Wildman–Crippen MR) is 131 cm³/mol. The average molecular weight is 481 g/mol. The molecule has 0 amide bonds. The number of likely N-dealkylation sites (tertiary alicyclic amines) is 1. The van der Waals surface area contributed by atoms with E-state index in [4.69, 9.17) is 21.3 Å². The van der Waals surface area contributed by atoms with Gasteiger partial charge in [-0.05, 0) is 43.5 Å². The van der Waals surface area contributed by atoms with Crippen molar-refractivity contribution in [2.24, 2.45) is 7.05 Å². The molecule has 34 heavy (non-hydrogen) atoms. The summed E-state index contributed by atoms with van der Waals surface area (Å²) in [6.45, 7) is 4.46. The zero-order valence-corrected chi connectivity index (χ0v) is 20.4. The number of benzene rings is 1. The van der Waals surface area contributed by atoms with Crippen molar-refractivity contribution in [3.8, 4) is 5.88 Å². The summed E-state index contributed by atoms with van der Waals surface area (Å²) in [7, 11) is 3.52. The van der Waals surface area contributed by atoms with E-state index in [-0.39, 0.29) is 0 Å². The number of aromatic nitrogens is 5. The van der Waals surface area contributed by atoms with Gasteiger partial charge in [-0.1, -0.05) is 17.7 Å². The first-order chi connectivity index (χ1) is 16.5. The maximum atomic E-state index is 11.0. The van der Waals surface area contributed by atoms with Gasteiger partial charge in [0.1, 0.15) is 11.9 Å². The van der Waals surface area contributed by atoms with Crippen molar-refractivity contribution < 1.29 is 9.84 Å². The van der Waals surface area contributed by atoms with Gasteiger partial charge in [-0.25, -0.2) is 9.97 Å². The molecule has 5 rings (SSSR count). The van der Waals surface area contributed by atoms with Gasteiger partial charge in [0.25, 0.3) is 0 Å². The molecule has 1 aliphatic rings. The van der Waals surface area contributed by atoms with Gasteiger partial charge < -0.3 is 14.4 Å². The van der Waals surface area contributed by atoms with E-state index in [1.54, 1.807) is 13.3 Å². The van der Waals surface area contributed by atoms with E-state index >= 15 is 0 Å². The van der Waals surface area contributed by atoms with Crippen LogP contribution in [0, 0.1) is 6.92 Å². The second-order valence-corrected chi connectivity index (χ2v) is 9.25. The molecule has 1 aromatic carbocycles. The van der Waals surface area contributed by atoms with Gasteiger partial charge in [-0.15, -0.1) is 0 Å². The standard InChI is InChI=1S/C25H29ClN6O2/c1-16-27-14-22(30(16)2)24(33)17-5-6-21-19(13-17)23(26)20(25(29-21)34-3)15-31-11-7-18(8-12-31)32-10-4-9-28-32/h4-6,9-10,13-14,18,24,33H,7-8,11-12,15H2,1-3H3. The van der Waals surface area contributed by atoms with Gasteiger partial charge in [-0.3, -0.25) is 9.58 Å². The number of aliphatic hydroxyl groups excluding tert-OH is 1. The minimum absolute atomic E-state index is 0.429. The molecular formula is C25H29ClN6O2. The highest BCUT2D eigenvalue weighted by atomic mass is 35.5. The van der Waals surface area contributed by atoms with Crippen LogP contribution in [0.25, 0.3) is 10.9 Å². The van der Waals surface area contributed by atoms with Crippen molar-refractivity contribution in [1.29, 1.82) is 0 Å². The lowest BCUT2D eigenvalue weighted by molar-refractivity contribution is 0.171. The van der Waals surface area contributed by atoms with Crippen LogP contribution in [0.2, 0.25) is 5.02 Å². The summed E-state index contributed by atoms with van der Waals surface area (Å²) >= 11 is 6.95. The van der Waals surface area contributed by atoms with E-state index in [0.29, 0.717) is 23.5 Å². The van der Waals surface area contributed by atoms with Crippen molar-refractivity contribution in [2.75, 3.05) is 20.2 Å². The minimum atomic E-state index is -0.807. The molecule has 1 saturated heterocycles. The quantitative estimate of drug-likeness (QED) is 0.448. The van der Waals surface area contributed by atoms with Crippen LogP contribution in [-0.4, -0.2) is 54.5 Å². The number of nitrogens with zero attached hydrogens (tertiary/aromatic N) is 6. The molecule has 0 aliphatic carbocycles. The molecule has 8 nitrogen and oxygen atoms in total. The van der Waals surface area contributed by atoms with E-state index < -0.39 is 6.10 Å². The lowest BCUT2D eigenvalue weighted by Crippen LogP contribution is -2.34. The van der Waals surface area contributed by atoms with Crippen LogP contribution in [0.15, 0.2) is 42.9 Å². The van der Waals surface area contributed by atoms with Gasteiger partial charge in [0, 0.05) is 50.0 Å². The number of fused-ring (bicyclic) bond motifs is 1. The van der Waals surface area contributed by atoms with Gasteiger partial charge in [0.05, 0.1) is 35.6 Å². The van der Waals surface area contributed by atoms with Crippen molar-refractivity contribution >= 4 is 22.5 Å². The molecule has 0 spiro atoms. The Balaban J connectivity index is 1.42. The van der Waals surface area contributed by atoms with Crippen LogP contribution in [0.5, 0.6) is 5.88 Å². The number of pyridine rings is 1. The highest BCUT2D eigenvalue weighted by Crippen LogP contribution is 2.36. The smallest absolute Gasteiger partial charge is 0.219 e. The molecule has 0 radical (unpaired) electrons. The Labute approximate surface area is 203 Å². The SMILES string of the molecule is COc1nc2ccc(C(O)c3cnc(C)n3C)cc2c(Cl)c1CN1CCC(n2cccn2)CC1. The lowest BCUT2D eigenvalue weighted by atomic mass is 10.0. The van der Waals surface area contributed by atoms with Crippen molar-refractivity contribution in [2.45, 2.75) is 38.5 Å². The zero-order valence-electron chi connectivity index (χ0n) is 19.6. The summed E-state index contributed by atoms with van der Waals surface area (Å²) in [6.07, 6.45) is 6.83. The third-order valence-electron chi connectivity index (χ3n) is 6.89. The van der Waals surface area contributed by atoms with Gasteiger partial charge in [0.2, 0.25) is 5.88 Å². The average Bonchev–Trinajstić information content (AvgIpc) is 3.51. The molecule has 178 valence electrons. The Hall–Kier alpha value is -2.94. The maximum absolute atomic E-state index is 11.0. The predicted octanol–water partition coefficient (Wildman–Crippen LogP) is 4.05. The first-order valence-corrected chi connectivity index (χ1v) is 11.9. The summed E-state index contributed by atoms with van der Waals surface area (Å²) in [5.74, 6) is 1.39. The molecule has 0 bridgehead atoms. The second-order valence-electron chi connectivity index (χ2n) is 8.88. The summed E-state index contributed by atoms with van der Waals surface area (Å²) in [4.78, 5) is 11.4. The monoisotopic (exact) mass is 480 g/mol. The molecule has 1 fully saturated rings. The number of methoxy groups -OCH3 is 1. The minimum Gasteiger partial charge on any atom is -0.481 e. The summed E-state index contributed by atoms with van der Waals surface area (Å²) < 4.78 is 9.57. The number of halogens is 1. The Morgan fingerprint density at radius 3 is 2.71 bits per heavy atom. The summed E-state index contributed by atoms with van der Waals surface area (Å²) in [6, 6.07) is 8.07. The van der Waals surface area contributed by atoms with E-state index in [0.717, 1.165) is 59.5 Å². The number of ether oxygens (including phenoxy) is 1. The molecule has 4 aromatic rings. The number of aliphatic hydroxyl groups is 1. The fraction of sp³-hybridized carbons (Fsp3) is 0.400. The highest BCUT2D eigenvalue weighted by Gasteiger charge is 2.24. The van der Waals surface area contributed by atoms with Crippen LogP contribution >= 0.6 is 11.6 Å². The highest BCUT2D eigenvalue weighted by molar-refractivity contribution is 6.36. The van der Waals surface area contributed by atoms with Gasteiger partial charge in [-0.2, -0.15) is 5.10 Å². The van der Waals surface area contributed by atoms with Gasteiger partial charge in [0.15, 0.2) is 0 Å². The molecular weight excluding hydrogens is 452 g/mol. The number of piperidine rings is 1. The first-order valence-electron chi connectivity index (χ1n) is 11.5. The summed E-state index contributed by atoms with van der Waals surface area (Å²) in [5, 5.41) is 16.8. The third kappa shape index (κ3) is 4.17. The largest absolute Gasteiger partial charge is 0.481 e. The van der Waals surface area contributed by atoms with Crippen molar-refractivity contribution in [3.63, 3.8) is 0 Å². The Morgan fingerprint density at radius 1 is 1.26 bits per heavy atom. The number of rotatable bonds is 6. The van der Waals surface area contributed by atoms with Crippen molar-refractivity contribution in [1.82, 2.24) is 29.2 Å². The molecule has 4 heterocycles. The van der Waals surface area contributed by atoms with Crippen LogP contribution in [0.1, 0.15) is 47.6 Å². The Kier molecular flexibility index (Phi) is 6.29. The fourth-order valence-electron chi connectivity index (χ4n) is 4.74. The molecule has 1 N–H and O–H groups in total. The molecule has 9 heteroatoms. The number of imidazole rings is 1. The molecule has 1 atom stereocenters. The fourth-order valence-corrected chi connectivity index (χ4v) is 5.03. The maximum Gasteiger partial charge on any atom is 0.219 e. The Bertz CT molecular complexity index is 1290.